The summed E-state index contributed by atoms with van der Waals surface area (Å²) in [6, 6.07) is 8.20. The van der Waals surface area contributed by atoms with Crippen molar-refractivity contribution in [1.29, 1.82) is 0 Å². The lowest BCUT2D eigenvalue weighted by molar-refractivity contribution is 0.0642. The summed E-state index contributed by atoms with van der Waals surface area (Å²) in [6.45, 7) is 2.18. The average molecular weight is 287 g/mol. The van der Waals surface area contributed by atoms with Crippen LogP contribution in [0.2, 0.25) is 0 Å². The van der Waals surface area contributed by atoms with Crippen LogP contribution in [0.15, 0.2) is 28.7 Å². The molecule has 1 aromatic rings. The molecule has 1 heterocycles. The quantitative estimate of drug-likeness (QED) is 0.901. The molecular weight excluding hydrogens is 272 g/mol. The molecule has 0 aromatic heterocycles. The molecule has 15 heavy (non-hydrogen) atoms. The highest BCUT2D eigenvalue weighted by molar-refractivity contribution is 9.10. The van der Waals surface area contributed by atoms with E-state index < -0.39 is 5.60 Å². The van der Waals surface area contributed by atoms with Crippen LogP contribution in [0.5, 0.6) is 0 Å². The Morgan fingerprint density at radius 1 is 1.60 bits per heavy atom. The van der Waals surface area contributed by atoms with Gasteiger partial charge in [-0.15, -0.1) is 0 Å². The van der Waals surface area contributed by atoms with Gasteiger partial charge in [-0.1, -0.05) is 35.0 Å². The zero-order chi connectivity index (χ0) is 10.9. The van der Waals surface area contributed by atoms with E-state index in [4.69, 9.17) is 0 Å². The Morgan fingerprint density at radius 3 is 3.00 bits per heavy atom. The predicted molar refractivity (Wildman–Crippen MR) is 69.3 cm³/mol. The van der Waals surface area contributed by atoms with E-state index >= 15 is 0 Å². The summed E-state index contributed by atoms with van der Waals surface area (Å²) >= 11 is 5.32. The predicted octanol–water partition coefficient (Wildman–Crippen LogP) is 3.25. The standard InChI is InChI=1S/C12H15BrOS/c1-9-6-12(14,8-15-9)7-10-3-2-4-11(13)5-10/h2-5,9,14H,6-8H2,1H3. The smallest absolute Gasteiger partial charge is 0.0788 e. The molecule has 1 fully saturated rings. The summed E-state index contributed by atoms with van der Waals surface area (Å²) in [5.41, 5.74) is 0.715. The third-order valence-corrected chi connectivity index (χ3v) is 4.66. The fraction of sp³-hybridized carbons (Fsp3) is 0.500. The largest absolute Gasteiger partial charge is 0.389 e. The molecule has 0 spiro atoms. The van der Waals surface area contributed by atoms with Crippen molar-refractivity contribution >= 4 is 27.7 Å². The minimum atomic E-state index is -0.495. The summed E-state index contributed by atoms with van der Waals surface area (Å²) in [7, 11) is 0. The maximum atomic E-state index is 10.4. The molecule has 2 unspecified atom stereocenters. The van der Waals surface area contributed by atoms with Crippen LogP contribution in [0.4, 0.5) is 0 Å². The van der Waals surface area contributed by atoms with Crippen LogP contribution in [0.3, 0.4) is 0 Å². The van der Waals surface area contributed by atoms with Gasteiger partial charge in [0.1, 0.15) is 0 Å². The summed E-state index contributed by atoms with van der Waals surface area (Å²) < 4.78 is 1.09. The topological polar surface area (TPSA) is 20.2 Å². The van der Waals surface area contributed by atoms with Gasteiger partial charge < -0.3 is 5.11 Å². The van der Waals surface area contributed by atoms with Crippen LogP contribution in [-0.2, 0) is 6.42 Å². The Labute approximate surface area is 103 Å². The van der Waals surface area contributed by atoms with Crippen LogP contribution in [-0.4, -0.2) is 21.7 Å². The van der Waals surface area contributed by atoms with Gasteiger partial charge in [0.15, 0.2) is 0 Å². The summed E-state index contributed by atoms with van der Waals surface area (Å²) in [4.78, 5) is 0. The van der Waals surface area contributed by atoms with Gasteiger partial charge in [-0.3, -0.25) is 0 Å². The highest BCUT2D eigenvalue weighted by Gasteiger charge is 2.35. The number of benzene rings is 1. The normalized spacial score (nSPS) is 30.7. The van der Waals surface area contributed by atoms with Gasteiger partial charge in [-0.05, 0) is 24.1 Å². The lowest BCUT2D eigenvalue weighted by Crippen LogP contribution is -2.31. The third-order valence-electron chi connectivity index (χ3n) is 2.73. The molecule has 1 saturated heterocycles. The van der Waals surface area contributed by atoms with Crippen molar-refractivity contribution in [2.24, 2.45) is 0 Å². The second-order valence-electron chi connectivity index (χ2n) is 4.36. The molecule has 0 amide bonds. The molecule has 82 valence electrons. The van der Waals surface area contributed by atoms with E-state index in [0.29, 0.717) is 5.25 Å². The number of hydrogen-bond acceptors (Lipinski definition) is 2. The van der Waals surface area contributed by atoms with Gasteiger partial charge >= 0.3 is 0 Å². The first-order chi connectivity index (χ1) is 7.07. The van der Waals surface area contributed by atoms with E-state index in [1.54, 1.807) is 0 Å². The first kappa shape index (κ1) is 11.5. The molecule has 0 saturated carbocycles. The molecule has 0 aliphatic carbocycles. The second-order valence-corrected chi connectivity index (χ2v) is 6.70. The molecule has 1 N–H and O–H groups in total. The Kier molecular flexibility index (Phi) is 3.43. The molecule has 1 nitrogen and oxygen atoms in total. The van der Waals surface area contributed by atoms with Gasteiger partial charge in [0.05, 0.1) is 5.60 Å². The minimum absolute atomic E-state index is 0.495. The highest BCUT2D eigenvalue weighted by Crippen LogP contribution is 2.36. The first-order valence-electron chi connectivity index (χ1n) is 5.16. The van der Waals surface area contributed by atoms with Gasteiger partial charge in [-0.25, -0.2) is 0 Å². The van der Waals surface area contributed by atoms with Gasteiger partial charge in [-0.2, -0.15) is 11.8 Å². The zero-order valence-corrected chi connectivity index (χ0v) is 11.1. The van der Waals surface area contributed by atoms with E-state index in [9.17, 15) is 5.11 Å². The van der Waals surface area contributed by atoms with E-state index in [2.05, 4.69) is 35.0 Å². The van der Waals surface area contributed by atoms with E-state index in [1.165, 1.54) is 5.56 Å². The SMILES string of the molecule is CC1CC(O)(Cc2cccc(Br)c2)CS1. The highest BCUT2D eigenvalue weighted by atomic mass is 79.9. The van der Waals surface area contributed by atoms with Crippen molar-refractivity contribution in [2.45, 2.75) is 30.6 Å². The van der Waals surface area contributed by atoms with Crippen molar-refractivity contribution in [3.63, 3.8) is 0 Å². The van der Waals surface area contributed by atoms with Crippen LogP contribution in [0, 0.1) is 0 Å². The molecule has 0 bridgehead atoms. The van der Waals surface area contributed by atoms with Crippen LogP contribution < -0.4 is 0 Å². The molecule has 3 heteroatoms. The van der Waals surface area contributed by atoms with Crippen molar-refractivity contribution in [3.05, 3.63) is 34.3 Å². The lowest BCUT2D eigenvalue weighted by Gasteiger charge is -2.21. The number of thioether (sulfide) groups is 1. The molecule has 1 aromatic carbocycles. The van der Waals surface area contributed by atoms with E-state index in [1.807, 2.05) is 23.9 Å². The van der Waals surface area contributed by atoms with E-state index in [0.717, 1.165) is 23.1 Å². The van der Waals surface area contributed by atoms with E-state index in [-0.39, 0.29) is 0 Å². The van der Waals surface area contributed by atoms with Crippen LogP contribution in [0.25, 0.3) is 0 Å². The average Bonchev–Trinajstić information content (AvgIpc) is 2.45. The van der Waals surface area contributed by atoms with Crippen molar-refractivity contribution < 1.29 is 5.11 Å². The molecule has 2 atom stereocenters. The number of halogens is 1. The fourth-order valence-corrected chi connectivity index (χ4v) is 3.79. The van der Waals surface area contributed by atoms with Crippen molar-refractivity contribution in [3.8, 4) is 0 Å². The molecule has 1 aliphatic rings. The van der Waals surface area contributed by atoms with Crippen LogP contribution >= 0.6 is 27.7 Å². The summed E-state index contributed by atoms with van der Waals surface area (Å²) in [5.74, 6) is 0.862. The molecule has 0 radical (unpaired) electrons. The Hall–Kier alpha value is 0.01000. The van der Waals surface area contributed by atoms with Gasteiger partial charge in [0, 0.05) is 21.9 Å². The monoisotopic (exact) mass is 286 g/mol. The molecule has 2 rings (SSSR count). The van der Waals surface area contributed by atoms with Crippen molar-refractivity contribution in [1.82, 2.24) is 0 Å². The second kappa shape index (κ2) is 4.48. The zero-order valence-electron chi connectivity index (χ0n) is 8.74. The molecule has 1 aliphatic heterocycles. The van der Waals surface area contributed by atoms with Crippen LogP contribution in [0.1, 0.15) is 18.9 Å². The third kappa shape index (κ3) is 2.99. The summed E-state index contributed by atoms with van der Waals surface area (Å²) in [6.07, 6.45) is 1.67. The Bertz CT molecular complexity index is 355. The number of aliphatic hydroxyl groups is 1. The maximum Gasteiger partial charge on any atom is 0.0788 e. The number of rotatable bonds is 2. The van der Waals surface area contributed by atoms with Gasteiger partial charge in [0.25, 0.3) is 0 Å². The minimum Gasteiger partial charge on any atom is -0.389 e. The molecular formula is C12H15BrOS. The van der Waals surface area contributed by atoms with Gasteiger partial charge in [0.2, 0.25) is 0 Å². The Balaban J connectivity index is 2.08. The maximum absolute atomic E-state index is 10.4. The Morgan fingerprint density at radius 2 is 2.40 bits per heavy atom. The number of hydrogen-bond donors (Lipinski definition) is 1. The summed E-state index contributed by atoms with van der Waals surface area (Å²) in [5, 5.41) is 11.0. The first-order valence-corrected chi connectivity index (χ1v) is 7.00. The van der Waals surface area contributed by atoms with Crippen molar-refractivity contribution in [2.75, 3.05) is 5.75 Å². The fourth-order valence-electron chi connectivity index (χ4n) is 2.10. The lowest BCUT2D eigenvalue weighted by atomic mass is 9.92.